The molecule has 5 heteroatoms. The second-order valence-electron chi connectivity index (χ2n) is 6.11. The molecule has 0 spiro atoms. The smallest absolute Gasteiger partial charge is 0.242 e. The highest BCUT2D eigenvalue weighted by Crippen LogP contribution is 2.18. The Morgan fingerprint density at radius 1 is 1.21 bits per heavy atom. The maximum Gasteiger partial charge on any atom is 0.242 e. The maximum atomic E-state index is 12.2. The number of nitrogens with zero attached hydrogens (tertiary/aromatic N) is 1. The Labute approximate surface area is 141 Å². The van der Waals surface area contributed by atoms with E-state index in [-0.39, 0.29) is 30.9 Å². The van der Waals surface area contributed by atoms with Crippen molar-refractivity contribution < 1.29 is 14.3 Å². The monoisotopic (exact) mass is 326 g/mol. The summed E-state index contributed by atoms with van der Waals surface area (Å²) in [6.45, 7) is 3.70. The van der Waals surface area contributed by atoms with Gasteiger partial charge in [0.25, 0.3) is 0 Å². The van der Waals surface area contributed by atoms with E-state index in [0.717, 1.165) is 16.3 Å². The first-order chi connectivity index (χ1) is 11.6. The Bertz CT molecular complexity index is 739. The molecule has 1 atom stereocenters. The molecular weight excluding hydrogens is 304 g/mol. The highest BCUT2D eigenvalue weighted by molar-refractivity contribution is 5.91. The topological polar surface area (TPSA) is 58.6 Å². The first-order valence-corrected chi connectivity index (χ1v) is 8.26. The number of rotatable bonds is 4. The van der Waals surface area contributed by atoms with E-state index < -0.39 is 0 Å². The minimum absolute atomic E-state index is 0.0380. The molecule has 2 aromatic rings. The van der Waals surface area contributed by atoms with Crippen LogP contribution in [-0.4, -0.2) is 49.1 Å². The molecule has 1 saturated heterocycles. The summed E-state index contributed by atoms with van der Waals surface area (Å²) in [5.74, 6) is -0.197. The number of amides is 2. The summed E-state index contributed by atoms with van der Waals surface area (Å²) in [5, 5.41) is 4.92. The van der Waals surface area contributed by atoms with Crippen LogP contribution in [0.3, 0.4) is 0 Å². The summed E-state index contributed by atoms with van der Waals surface area (Å²) in [7, 11) is 0. The van der Waals surface area contributed by atoms with Crippen LogP contribution in [0.2, 0.25) is 0 Å². The summed E-state index contributed by atoms with van der Waals surface area (Å²) >= 11 is 0. The number of morpholine rings is 1. The molecule has 126 valence electrons. The molecule has 0 bridgehead atoms. The highest BCUT2D eigenvalue weighted by atomic mass is 16.5. The average Bonchev–Trinajstić information content (AvgIpc) is 2.60. The van der Waals surface area contributed by atoms with E-state index in [1.165, 1.54) is 0 Å². The quantitative estimate of drug-likeness (QED) is 0.931. The van der Waals surface area contributed by atoms with E-state index in [4.69, 9.17) is 4.74 Å². The second-order valence-corrected chi connectivity index (χ2v) is 6.11. The fraction of sp³-hybridized carbons (Fsp3) is 0.368. The van der Waals surface area contributed by atoms with Crippen LogP contribution in [0.15, 0.2) is 42.5 Å². The number of carbonyl (C=O) groups excluding carboxylic acids is 2. The van der Waals surface area contributed by atoms with E-state index in [1.54, 1.807) is 4.90 Å². The normalized spacial score (nSPS) is 17.7. The van der Waals surface area contributed by atoms with Crippen molar-refractivity contribution in [1.29, 1.82) is 0 Å². The molecule has 0 aliphatic carbocycles. The van der Waals surface area contributed by atoms with Gasteiger partial charge in [0, 0.05) is 13.1 Å². The highest BCUT2D eigenvalue weighted by Gasteiger charge is 2.21. The third-order valence-corrected chi connectivity index (χ3v) is 4.26. The van der Waals surface area contributed by atoms with Gasteiger partial charge in [-0.05, 0) is 23.3 Å². The van der Waals surface area contributed by atoms with Gasteiger partial charge in [0.15, 0.2) is 0 Å². The van der Waals surface area contributed by atoms with Crippen molar-refractivity contribution in [3.63, 3.8) is 0 Å². The minimum Gasteiger partial charge on any atom is -0.375 e. The largest absolute Gasteiger partial charge is 0.375 e. The zero-order valence-electron chi connectivity index (χ0n) is 13.8. The third kappa shape index (κ3) is 3.92. The Kier molecular flexibility index (Phi) is 5.11. The van der Waals surface area contributed by atoms with Crippen LogP contribution in [0.1, 0.15) is 12.5 Å². The van der Waals surface area contributed by atoms with E-state index in [9.17, 15) is 9.59 Å². The second kappa shape index (κ2) is 7.45. The standard InChI is InChI=1S/C19H22N2O3/c1-14-13-21(9-10-24-14)19(23)12-20-18(22)11-16-7-4-6-15-5-2-3-8-17(15)16/h2-8,14H,9-13H2,1H3,(H,20,22). The molecule has 0 saturated carbocycles. The molecule has 24 heavy (non-hydrogen) atoms. The van der Waals surface area contributed by atoms with Crippen molar-refractivity contribution in [2.24, 2.45) is 0 Å². The Hall–Kier alpha value is -2.40. The lowest BCUT2D eigenvalue weighted by atomic mass is 10.0. The molecule has 3 rings (SSSR count). The van der Waals surface area contributed by atoms with E-state index in [2.05, 4.69) is 5.32 Å². The number of hydrogen-bond acceptors (Lipinski definition) is 3. The number of fused-ring (bicyclic) bond motifs is 1. The summed E-state index contributed by atoms with van der Waals surface area (Å²) < 4.78 is 5.42. The number of hydrogen-bond donors (Lipinski definition) is 1. The summed E-state index contributed by atoms with van der Waals surface area (Å²) in [4.78, 5) is 26.1. The lowest BCUT2D eigenvalue weighted by Gasteiger charge is -2.31. The van der Waals surface area contributed by atoms with Crippen molar-refractivity contribution in [3.05, 3.63) is 48.0 Å². The fourth-order valence-electron chi connectivity index (χ4n) is 3.01. The van der Waals surface area contributed by atoms with Gasteiger partial charge < -0.3 is 15.0 Å². The minimum atomic E-state index is -0.138. The Morgan fingerprint density at radius 2 is 2.00 bits per heavy atom. The van der Waals surface area contributed by atoms with E-state index in [1.807, 2.05) is 49.4 Å². The molecular formula is C19H22N2O3. The van der Waals surface area contributed by atoms with Crippen LogP contribution in [0.5, 0.6) is 0 Å². The SMILES string of the molecule is CC1CN(C(=O)CNC(=O)Cc2cccc3ccccc23)CCO1. The van der Waals surface area contributed by atoms with Gasteiger partial charge in [-0.15, -0.1) is 0 Å². The van der Waals surface area contributed by atoms with Crippen molar-refractivity contribution in [3.8, 4) is 0 Å². The Morgan fingerprint density at radius 3 is 2.83 bits per heavy atom. The number of nitrogens with one attached hydrogen (secondary N) is 1. The average molecular weight is 326 g/mol. The maximum absolute atomic E-state index is 12.2. The van der Waals surface area contributed by atoms with Gasteiger partial charge in [-0.2, -0.15) is 0 Å². The zero-order valence-corrected chi connectivity index (χ0v) is 13.8. The molecule has 1 N–H and O–H groups in total. The molecule has 1 aliphatic heterocycles. The molecule has 0 aromatic heterocycles. The van der Waals surface area contributed by atoms with E-state index in [0.29, 0.717) is 19.7 Å². The van der Waals surface area contributed by atoms with Crippen molar-refractivity contribution >= 4 is 22.6 Å². The molecule has 2 amide bonds. The van der Waals surface area contributed by atoms with Gasteiger partial charge in [-0.1, -0.05) is 42.5 Å². The van der Waals surface area contributed by atoms with Crippen molar-refractivity contribution in [2.75, 3.05) is 26.2 Å². The summed E-state index contributed by atoms with van der Waals surface area (Å²) in [6.07, 6.45) is 0.322. The molecule has 1 aliphatic rings. The van der Waals surface area contributed by atoms with Crippen LogP contribution in [0, 0.1) is 0 Å². The van der Waals surface area contributed by atoms with Crippen LogP contribution in [-0.2, 0) is 20.7 Å². The molecule has 1 heterocycles. The van der Waals surface area contributed by atoms with Gasteiger partial charge in [0.1, 0.15) is 0 Å². The summed E-state index contributed by atoms with van der Waals surface area (Å²) in [6, 6.07) is 13.9. The lowest BCUT2D eigenvalue weighted by Crippen LogP contribution is -2.48. The van der Waals surface area contributed by atoms with Gasteiger partial charge in [0.2, 0.25) is 11.8 Å². The Balaban J connectivity index is 1.56. The number of benzene rings is 2. The number of carbonyl (C=O) groups is 2. The molecule has 1 fully saturated rings. The zero-order chi connectivity index (χ0) is 16.9. The van der Waals surface area contributed by atoms with Crippen molar-refractivity contribution in [2.45, 2.75) is 19.4 Å². The summed E-state index contributed by atoms with van der Waals surface area (Å²) in [5.41, 5.74) is 0.970. The molecule has 0 radical (unpaired) electrons. The fourth-order valence-corrected chi connectivity index (χ4v) is 3.01. The van der Waals surface area contributed by atoms with Crippen molar-refractivity contribution in [1.82, 2.24) is 10.2 Å². The van der Waals surface area contributed by atoms with Crippen LogP contribution in [0.25, 0.3) is 10.8 Å². The molecule has 1 unspecified atom stereocenters. The van der Waals surface area contributed by atoms with Crippen LogP contribution >= 0.6 is 0 Å². The molecule has 2 aromatic carbocycles. The van der Waals surface area contributed by atoms with E-state index >= 15 is 0 Å². The van der Waals surface area contributed by atoms with Crippen LogP contribution in [0.4, 0.5) is 0 Å². The van der Waals surface area contributed by atoms with Crippen LogP contribution < -0.4 is 5.32 Å². The van der Waals surface area contributed by atoms with Gasteiger partial charge >= 0.3 is 0 Å². The number of ether oxygens (including phenoxy) is 1. The van der Waals surface area contributed by atoms with Gasteiger partial charge in [-0.25, -0.2) is 0 Å². The first-order valence-electron chi connectivity index (χ1n) is 8.26. The predicted octanol–water partition coefficient (Wildman–Crippen LogP) is 1.75. The third-order valence-electron chi connectivity index (χ3n) is 4.26. The van der Waals surface area contributed by atoms with Gasteiger partial charge in [0.05, 0.1) is 25.7 Å². The predicted molar refractivity (Wildman–Crippen MR) is 92.7 cm³/mol. The first kappa shape index (κ1) is 16.5. The van der Waals surface area contributed by atoms with Gasteiger partial charge in [-0.3, -0.25) is 9.59 Å². The molecule has 5 nitrogen and oxygen atoms in total. The lowest BCUT2D eigenvalue weighted by molar-refractivity contribution is -0.138.